The highest BCUT2D eigenvalue weighted by molar-refractivity contribution is 6.06. The van der Waals surface area contributed by atoms with Crippen molar-refractivity contribution in [3.8, 4) is 17.6 Å². The highest BCUT2D eigenvalue weighted by atomic mass is 19.4. The molecule has 28 heavy (non-hydrogen) atoms. The predicted octanol–water partition coefficient (Wildman–Crippen LogP) is 4.18. The molecule has 9 heteroatoms. The number of carbonyl (C=O) groups is 1. The van der Waals surface area contributed by atoms with E-state index in [1.807, 2.05) is 0 Å². The second-order valence-electron chi connectivity index (χ2n) is 5.38. The lowest BCUT2D eigenvalue weighted by Crippen LogP contribution is -2.15. The van der Waals surface area contributed by atoms with Crippen LogP contribution in [-0.2, 0) is 11.0 Å². The Morgan fingerprint density at radius 2 is 1.79 bits per heavy atom. The van der Waals surface area contributed by atoms with E-state index in [-0.39, 0.29) is 5.69 Å². The number of rotatable bonds is 6. The van der Waals surface area contributed by atoms with Gasteiger partial charge in [-0.3, -0.25) is 4.79 Å². The Morgan fingerprint density at radius 3 is 2.39 bits per heavy atom. The monoisotopic (exact) mass is 391 g/mol. The van der Waals surface area contributed by atoms with E-state index in [9.17, 15) is 23.2 Å². The number of halogens is 3. The zero-order valence-electron chi connectivity index (χ0n) is 14.9. The molecule has 0 saturated carbocycles. The number of para-hydroxylation sites is 1. The van der Waals surface area contributed by atoms with Gasteiger partial charge in [0.2, 0.25) is 0 Å². The summed E-state index contributed by atoms with van der Waals surface area (Å²) in [6, 6.07) is 11.0. The Bertz CT molecular complexity index is 934. The summed E-state index contributed by atoms with van der Waals surface area (Å²) >= 11 is 0. The van der Waals surface area contributed by atoms with Crippen molar-refractivity contribution < 1.29 is 27.4 Å². The van der Waals surface area contributed by atoms with E-state index in [1.54, 1.807) is 12.1 Å². The number of benzene rings is 2. The summed E-state index contributed by atoms with van der Waals surface area (Å²) in [5.41, 5.74) is -1.28. The van der Waals surface area contributed by atoms with Crippen molar-refractivity contribution in [1.29, 1.82) is 5.26 Å². The predicted molar refractivity (Wildman–Crippen MR) is 96.9 cm³/mol. The van der Waals surface area contributed by atoms with Crippen LogP contribution in [0.5, 0.6) is 11.5 Å². The maximum Gasteiger partial charge on any atom is 0.418 e. The molecule has 2 aromatic carbocycles. The lowest BCUT2D eigenvalue weighted by atomic mass is 10.1. The van der Waals surface area contributed by atoms with Crippen molar-refractivity contribution in [1.82, 2.24) is 0 Å². The van der Waals surface area contributed by atoms with E-state index < -0.39 is 23.2 Å². The van der Waals surface area contributed by atoms with E-state index >= 15 is 0 Å². The molecule has 146 valence electrons. The third kappa shape index (κ3) is 4.94. The minimum absolute atomic E-state index is 0.276. The summed E-state index contributed by atoms with van der Waals surface area (Å²) in [5, 5.41) is 14.0. The molecule has 0 aliphatic rings. The van der Waals surface area contributed by atoms with Crippen molar-refractivity contribution >= 4 is 17.3 Å². The van der Waals surface area contributed by atoms with Gasteiger partial charge in [-0.05, 0) is 24.3 Å². The minimum atomic E-state index is -4.58. The van der Waals surface area contributed by atoms with Crippen LogP contribution in [0.2, 0.25) is 0 Å². The summed E-state index contributed by atoms with van der Waals surface area (Å²) in [4.78, 5) is 12.3. The third-order valence-corrected chi connectivity index (χ3v) is 3.61. The number of methoxy groups -OCH3 is 2. The Kier molecular flexibility index (Phi) is 6.50. The first-order valence-corrected chi connectivity index (χ1v) is 7.86. The number of anilines is 2. The standard InChI is InChI=1S/C19H16F3N3O3/c1-27-16-8-7-13(9-17(16)28-2)25-18(26)12(10-23)11-24-15-6-4-3-5-14(15)19(20,21)22/h3-9,11,24H,1-2H3,(H,25,26)/b12-11-. The summed E-state index contributed by atoms with van der Waals surface area (Å²) in [6.07, 6.45) is -3.66. The molecule has 0 atom stereocenters. The molecule has 0 aromatic heterocycles. The summed E-state index contributed by atoms with van der Waals surface area (Å²) in [7, 11) is 2.88. The molecule has 0 bridgehead atoms. The second kappa shape index (κ2) is 8.81. The van der Waals surface area contributed by atoms with Gasteiger partial charge in [-0.25, -0.2) is 0 Å². The highest BCUT2D eigenvalue weighted by Gasteiger charge is 2.33. The largest absolute Gasteiger partial charge is 0.493 e. The summed E-state index contributed by atoms with van der Waals surface area (Å²) in [5.74, 6) is 0.00805. The number of ether oxygens (including phenoxy) is 2. The topological polar surface area (TPSA) is 83.4 Å². The smallest absolute Gasteiger partial charge is 0.418 e. The fourth-order valence-corrected chi connectivity index (χ4v) is 2.27. The van der Waals surface area contributed by atoms with E-state index in [0.717, 1.165) is 12.3 Å². The average Bonchev–Trinajstić information content (AvgIpc) is 2.67. The fourth-order valence-electron chi connectivity index (χ4n) is 2.27. The molecule has 2 aromatic rings. The van der Waals surface area contributed by atoms with Crippen LogP contribution in [0, 0.1) is 11.3 Å². The van der Waals surface area contributed by atoms with E-state index in [4.69, 9.17) is 9.47 Å². The summed E-state index contributed by atoms with van der Waals surface area (Å²) in [6.45, 7) is 0. The van der Waals surface area contributed by atoms with Gasteiger partial charge >= 0.3 is 6.18 Å². The number of alkyl halides is 3. The zero-order chi connectivity index (χ0) is 20.7. The van der Waals surface area contributed by atoms with Gasteiger partial charge in [0.15, 0.2) is 11.5 Å². The van der Waals surface area contributed by atoms with Crippen molar-refractivity contribution in [2.45, 2.75) is 6.18 Å². The molecule has 1 amide bonds. The molecular formula is C19H16F3N3O3. The quantitative estimate of drug-likeness (QED) is 0.570. The molecule has 2 N–H and O–H groups in total. The van der Waals surface area contributed by atoms with Crippen molar-refractivity contribution in [2.24, 2.45) is 0 Å². The molecule has 0 fully saturated rings. The Balaban J connectivity index is 2.20. The number of hydrogen-bond acceptors (Lipinski definition) is 5. The van der Waals surface area contributed by atoms with Crippen LogP contribution < -0.4 is 20.1 Å². The number of carbonyl (C=O) groups excluding carboxylic acids is 1. The Labute approximate surface area is 159 Å². The van der Waals surface area contributed by atoms with Crippen LogP contribution >= 0.6 is 0 Å². The highest BCUT2D eigenvalue weighted by Crippen LogP contribution is 2.34. The van der Waals surface area contributed by atoms with Crippen LogP contribution in [0.25, 0.3) is 0 Å². The maximum absolute atomic E-state index is 13.0. The molecule has 0 spiro atoms. The SMILES string of the molecule is COc1ccc(NC(=O)/C(C#N)=C\Nc2ccccc2C(F)(F)F)cc1OC. The number of hydrogen-bond donors (Lipinski definition) is 2. The number of amides is 1. The Morgan fingerprint density at radius 1 is 1.11 bits per heavy atom. The lowest BCUT2D eigenvalue weighted by molar-refractivity contribution is -0.136. The Hall–Kier alpha value is -3.67. The van der Waals surface area contributed by atoms with Gasteiger partial charge in [0.25, 0.3) is 5.91 Å². The van der Waals surface area contributed by atoms with Gasteiger partial charge in [0, 0.05) is 18.0 Å². The molecule has 2 rings (SSSR count). The lowest BCUT2D eigenvalue weighted by Gasteiger charge is -2.12. The molecule has 6 nitrogen and oxygen atoms in total. The van der Waals surface area contributed by atoms with E-state index in [2.05, 4.69) is 10.6 Å². The first-order valence-electron chi connectivity index (χ1n) is 7.86. The van der Waals surface area contributed by atoms with Crippen LogP contribution in [-0.4, -0.2) is 20.1 Å². The average molecular weight is 391 g/mol. The number of nitrogens with one attached hydrogen (secondary N) is 2. The van der Waals surface area contributed by atoms with E-state index in [0.29, 0.717) is 17.2 Å². The van der Waals surface area contributed by atoms with Crippen LogP contribution in [0.15, 0.2) is 54.2 Å². The zero-order valence-corrected chi connectivity index (χ0v) is 14.9. The van der Waals surface area contributed by atoms with Crippen molar-refractivity contribution in [2.75, 3.05) is 24.9 Å². The van der Waals surface area contributed by atoms with Gasteiger partial charge in [0.05, 0.1) is 25.5 Å². The molecule has 0 unspecified atom stereocenters. The third-order valence-electron chi connectivity index (χ3n) is 3.61. The fraction of sp³-hybridized carbons (Fsp3) is 0.158. The van der Waals surface area contributed by atoms with Crippen LogP contribution in [0.3, 0.4) is 0 Å². The molecule has 0 radical (unpaired) electrons. The molecule has 0 aliphatic heterocycles. The van der Waals surface area contributed by atoms with Gasteiger partial charge < -0.3 is 20.1 Å². The summed E-state index contributed by atoms with van der Waals surface area (Å²) < 4.78 is 49.2. The van der Waals surface area contributed by atoms with E-state index in [1.165, 1.54) is 44.6 Å². The van der Waals surface area contributed by atoms with Gasteiger partial charge in [0.1, 0.15) is 11.6 Å². The van der Waals surface area contributed by atoms with Crippen LogP contribution in [0.1, 0.15) is 5.56 Å². The number of nitriles is 1. The van der Waals surface area contributed by atoms with Crippen LogP contribution in [0.4, 0.5) is 24.5 Å². The first-order chi connectivity index (χ1) is 13.3. The molecule has 0 heterocycles. The first kappa shape index (κ1) is 20.6. The van der Waals surface area contributed by atoms with Crippen molar-refractivity contribution in [3.05, 3.63) is 59.8 Å². The molecule has 0 aliphatic carbocycles. The normalized spacial score (nSPS) is 11.4. The second-order valence-corrected chi connectivity index (χ2v) is 5.38. The molecule has 0 saturated heterocycles. The maximum atomic E-state index is 13.0. The van der Waals surface area contributed by atoms with Gasteiger partial charge in [-0.15, -0.1) is 0 Å². The van der Waals surface area contributed by atoms with Gasteiger partial charge in [-0.1, -0.05) is 12.1 Å². The minimum Gasteiger partial charge on any atom is -0.493 e. The number of nitrogens with zero attached hydrogens (tertiary/aromatic N) is 1. The molecular weight excluding hydrogens is 375 g/mol. The van der Waals surface area contributed by atoms with Gasteiger partial charge in [-0.2, -0.15) is 18.4 Å². The van der Waals surface area contributed by atoms with Crippen molar-refractivity contribution in [3.63, 3.8) is 0 Å².